The van der Waals surface area contributed by atoms with Crippen LogP contribution in [0.4, 0.5) is 4.79 Å². The summed E-state index contributed by atoms with van der Waals surface area (Å²) in [7, 11) is 4.20. The van der Waals surface area contributed by atoms with Crippen LogP contribution in [0.2, 0.25) is 0 Å². The minimum atomic E-state index is -1.25. The molecule has 1 N–H and O–H groups in total. The fourth-order valence-electron chi connectivity index (χ4n) is 2.10. The van der Waals surface area contributed by atoms with E-state index in [2.05, 4.69) is 4.74 Å². The SMILES string of the molecule is COC(=O)O.COc1cccc(CC(=O)OC(=O)Cc2cccc(OC)c2)c1. The van der Waals surface area contributed by atoms with Crippen molar-refractivity contribution in [2.45, 2.75) is 12.8 Å². The highest BCUT2D eigenvalue weighted by Gasteiger charge is 2.13. The second-order valence-electron chi connectivity index (χ2n) is 5.37. The Balaban J connectivity index is 0.000000696. The van der Waals surface area contributed by atoms with Crippen molar-refractivity contribution in [3.63, 3.8) is 0 Å². The highest BCUT2D eigenvalue weighted by atomic mass is 16.6. The lowest BCUT2D eigenvalue weighted by atomic mass is 10.1. The molecule has 0 aromatic heterocycles. The molecular weight excluding hydrogens is 368 g/mol. The summed E-state index contributed by atoms with van der Waals surface area (Å²) in [6, 6.07) is 14.1. The number of carbonyl (C=O) groups excluding carboxylic acids is 2. The molecule has 2 aromatic carbocycles. The largest absolute Gasteiger partial charge is 0.505 e. The smallest absolute Gasteiger partial charge is 0.497 e. The summed E-state index contributed by atoms with van der Waals surface area (Å²) in [6.07, 6.45) is -1.22. The first-order chi connectivity index (χ1) is 13.4. The number of benzene rings is 2. The van der Waals surface area contributed by atoms with Crippen molar-refractivity contribution in [1.29, 1.82) is 0 Å². The number of ether oxygens (including phenoxy) is 4. The topological polar surface area (TPSA) is 108 Å². The third kappa shape index (κ3) is 8.70. The maximum atomic E-state index is 11.8. The molecular formula is C20H22O8. The standard InChI is InChI=1S/C18H18O5.C2H4O3/c1-21-15-7-3-5-13(9-15)11-17(19)23-18(20)12-14-6-4-8-16(10-14)22-2;1-5-2(3)4/h3-10H,11-12H2,1-2H3;1H3,(H,3,4). The van der Waals surface area contributed by atoms with Crippen molar-refractivity contribution >= 4 is 18.1 Å². The molecule has 0 bridgehead atoms. The van der Waals surface area contributed by atoms with E-state index in [1.165, 1.54) is 0 Å². The maximum absolute atomic E-state index is 11.8. The Hall–Kier alpha value is -3.55. The highest BCUT2D eigenvalue weighted by Crippen LogP contribution is 2.15. The summed E-state index contributed by atoms with van der Waals surface area (Å²) in [5.41, 5.74) is 1.45. The molecule has 0 spiro atoms. The fraction of sp³-hybridized carbons (Fsp3) is 0.250. The van der Waals surface area contributed by atoms with Crippen LogP contribution in [0, 0.1) is 0 Å². The number of hydrogen-bond acceptors (Lipinski definition) is 7. The molecule has 8 nitrogen and oxygen atoms in total. The van der Waals surface area contributed by atoms with Gasteiger partial charge in [-0.3, -0.25) is 9.59 Å². The number of esters is 2. The van der Waals surface area contributed by atoms with E-state index < -0.39 is 18.1 Å². The molecule has 0 saturated heterocycles. The Bertz CT molecular complexity index is 741. The molecule has 0 heterocycles. The van der Waals surface area contributed by atoms with Crippen LogP contribution in [0.3, 0.4) is 0 Å². The number of methoxy groups -OCH3 is 3. The number of rotatable bonds is 6. The first kappa shape index (κ1) is 22.5. The summed E-state index contributed by atoms with van der Waals surface area (Å²) in [5, 5.41) is 7.50. The van der Waals surface area contributed by atoms with Gasteiger partial charge in [-0.05, 0) is 35.4 Å². The summed E-state index contributed by atoms with van der Waals surface area (Å²) < 4.78 is 18.7. The zero-order chi connectivity index (χ0) is 20.9. The van der Waals surface area contributed by atoms with Gasteiger partial charge in [0.25, 0.3) is 0 Å². The van der Waals surface area contributed by atoms with Crippen molar-refractivity contribution in [2.75, 3.05) is 21.3 Å². The summed E-state index contributed by atoms with van der Waals surface area (Å²) >= 11 is 0. The molecule has 0 atom stereocenters. The van der Waals surface area contributed by atoms with Gasteiger partial charge in [0.2, 0.25) is 0 Å². The minimum Gasteiger partial charge on any atom is -0.497 e. The summed E-state index contributed by atoms with van der Waals surface area (Å²) in [6.45, 7) is 0. The molecule has 0 amide bonds. The van der Waals surface area contributed by atoms with Gasteiger partial charge in [0, 0.05) is 0 Å². The average molecular weight is 390 g/mol. The van der Waals surface area contributed by atoms with E-state index in [0.717, 1.165) is 18.2 Å². The first-order valence-corrected chi connectivity index (χ1v) is 8.14. The van der Waals surface area contributed by atoms with Gasteiger partial charge in [-0.2, -0.15) is 0 Å². The number of carbonyl (C=O) groups is 3. The van der Waals surface area contributed by atoms with E-state index >= 15 is 0 Å². The third-order valence-corrected chi connectivity index (χ3v) is 3.37. The quantitative estimate of drug-likeness (QED) is 0.592. The maximum Gasteiger partial charge on any atom is 0.505 e. The molecule has 0 aliphatic carbocycles. The van der Waals surface area contributed by atoms with E-state index in [0.29, 0.717) is 11.5 Å². The van der Waals surface area contributed by atoms with E-state index in [-0.39, 0.29) is 12.8 Å². The van der Waals surface area contributed by atoms with Gasteiger partial charge in [-0.15, -0.1) is 0 Å². The van der Waals surface area contributed by atoms with Crippen molar-refractivity contribution in [3.8, 4) is 11.5 Å². The fourth-order valence-corrected chi connectivity index (χ4v) is 2.10. The van der Waals surface area contributed by atoms with Crippen molar-refractivity contribution < 1.29 is 38.4 Å². The Morgan fingerprint density at radius 1 is 0.786 bits per heavy atom. The molecule has 150 valence electrons. The Labute approximate surface area is 162 Å². The van der Waals surface area contributed by atoms with Crippen LogP contribution < -0.4 is 9.47 Å². The predicted octanol–water partition coefficient (Wildman–Crippen LogP) is 2.87. The molecule has 28 heavy (non-hydrogen) atoms. The van der Waals surface area contributed by atoms with Gasteiger partial charge in [-0.1, -0.05) is 24.3 Å². The van der Waals surface area contributed by atoms with Gasteiger partial charge in [-0.25, -0.2) is 4.79 Å². The highest BCUT2D eigenvalue weighted by molar-refractivity contribution is 5.87. The molecule has 2 aromatic rings. The minimum absolute atomic E-state index is 0.0149. The van der Waals surface area contributed by atoms with Gasteiger partial charge < -0.3 is 24.1 Å². The van der Waals surface area contributed by atoms with Gasteiger partial charge in [0.05, 0.1) is 34.2 Å². The average Bonchev–Trinajstić information content (AvgIpc) is 2.68. The monoisotopic (exact) mass is 390 g/mol. The lowest BCUT2D eigenvalue weighted by molar-refractivity contribution is -0.158. The first-order valence-electron chi connectivity index (χ1n) is 8.14. The lowest BCUT2D eigenvalue weighted by Crippen LogP contribution is -2.16. The van der Waals surface area contributed by atoms with Gasteiger partial charge >= 0.3 is 18.1 Å². The van der Waals surface area contributed by atoms with Crippen LogP contribution in [0.1, 0.15) is 11.1 Å². The molecule has 0 radical (unpaired) electrons. The van der Waals surface area contributed by atoms with Crippen molar-refractivity contribution in [3.05, 3.63) is 59.7 Å². The van der Waals surface area contributed by atoms with Crippen LogP contribution in [-0.4, -0.2) is 44.5 Å². The number of carboxylic acid groups (broad SMARTS) is 1. The molecule has 0 aliphatic heterocycles. The summed E-state index contributed by atoms with van der Waals surface area (Å²) in [4.78, 5) is 32.8. The zero-order valence-electron chi connectivity index (χ0n) is 15.8. The molecule has 2 rings (SSSR count). The molecule has 0 saturated carbocycles. The van der Waals surface area contributed by atoms with E-state index in [1.54, 1.807) is 62.8 Å². The number of hydrogen-bond donors (Lipinski definition) is 1. The molecule has 0 fully saturated rings. The Morgan fingerprint density at radius 3 is 1.50 bits per heavy atom. The van der Waals surface area contributed by atoms with Crippen LogP contribution >= 0.6 is 0 Å². The van der Waals surface area contributed by atoms with Crippen molar-refractivity contribution in [2.24, 2.45) is 0 Å². The summed E-state index contributed by atoms with van der Waals surface area (Å²) in [5.74, 6) is 0.119. The van der Waals surface area contributed by atoms with Crippen LogP contribution in [-0.2, 0) is 31.9 Å². The Kier molecular flexibility index (Phi) is 9.60. The third-order valence-electron chi connectivity index (χ3n) is 3.37. The molecule has 8 heteroatoms. The zero-order valence-corrected chi connectivity index (χ0v) is 15.8. The molecule has 0 unspecified atom stereocenters. The molecule has 0 aliphatic rings. The van der Waals surface area contributed by atoms with E-state index in [9.17, 15) is 9.59 Å². The lowest BCUT2D eigenvalue weighted by Gasteiger charge is -2.06. The van der Waals surface area contributed by atoms with E-state index in [4.69, 9.17) is 24.1 Å². The normalized spacial score (nSPS) is 9.39. The van der Waals surface area contributed by atoms with Gasteiger partial charge in [0.15, 0.2) is 0 Å². The van der Waals surface area contributed by atoms with Crippen LogP contribution in [0.25, 0.3) is 0 Å². The second-order valence-corrected chi connectivity index (χ2v) is 5.37. The van der Waals surface area contributed by atoms with Crippen LogP contribution in [0.5, 0.6) is 11.5 Å². The van der Waals surface area contributed by atoms with Crippen LogP contribution in [0.15, 0.2) is 48.5 Å². The van der Waals surface area contributed by atoms with Gasteiger partial charge in [0.1, 0.15) is 11.5 Å². The predicted molar refractivity (Wildman–Crippen MR) is 99.5 cm³/mol. The second kappa shape index (κ2) is 11.9. The van der Waals surface area contributed by atoms with E-state index in [1.807, 2.05) is 0 Å². The van der Waals surface area contributed by atoms with Crippen molar-refractivity contribution in [1.82, 2.24) is 0 Å². The Morgan fingerprint density at radius 2 is 1.18 bits per heavy atom.